The molecule has 0 fully saturated rings. The molecular formula is C15H16FN3O4. The summed E-state index contributed by atoms with van der Waals surface area (Å²) in [7, 11) is 1.58. The molecular weight excluding hydrogens is 305 g/mol. The van der Waals surface area contributed by atoms with Gasteiger partial charge in [0.25, 0.3) is 0 Å². The molecule has 8 heteroatoms. The van der Waals surface area contributed by atoms with Crippen molar-refractivity contribution in [2.45, 2.75) is 6.61 Å². The summed E-state index contributed by atoms with van der Waals surface area (Å²) in [6.45, 7) is 3.80. The number of halogens is 1. The van der Waals surface area contributed by atoms with Gasteiger partial charge in [-0.25, -0.2) is 9.87 Å². The summed E-state index contributed by atoms with van der Waals surface area (Å²) in [4.78, 5) is 22.3. The van der Waals surface area contributed by atoms with Crippen LogP contribution in [-0.4, -0.2) is 23.7 Å². The molecule has 0 spiro atoms. The van der Waals surface area contributed by atoms with Crippen molar-refractivity contribution in [3.63, 3.8) is 0 Å². The largest absolute Gasteiger partial charge is 0.497 e. The molecule has 0 aliphatic carbocycles. The lowest BCUT2D eigenvalue weighted by Crippen LogP contribution is -2.08. The highest BCUT2D eigenvalue weighted by molar-refractivity contribution is 5.33. The Kier molecular flexibility index (Phi) is 6.28. The third-order valence-corrected chi connectivity index (χ3v) is 2.59. The molecule has 0 saturated carbocycles. The molecule has 7 nitrogen and oxygen atoms in total. The molecule has 0 aliphatic rings. The van der Waals surface area contributed by atoms with E-state index in [-0.39, 0.29) is 25.0 Å². The second-order valence-electron chi connectivity index (χ2n) is 4.25. The molecule has 2 aromatic rings. The van der Waals surface area contributed by atoms with E-state index in [9.17, 15) is 4.39 Å². The van der Waals surface area contributed by atoms with Gasteiger partial charge in [-0.3, -0.25) is 9.73 Å². The Morgan fingerprint density at radius 1 is 1.39 bits per heavy atom. The van der Waals surface area contributed by atoms with Gasteiger partial charge in [0.2, 0.25) is 0 Å². The van der Waals surface area contributed by atoms with Gasteiger partial charge in [-0.15, -0.1) is 6.58 Å². The first-order chi connectivity index (χ1) is 11.2. The molecule has 0 atom stereocenters. The lowest BCUT2D eigenvalue weighted by atomic mass is 10.2. The van der Waals surface area contributed by atoms with Gasteiger partial charge in [-0.1, -0.05) is 18.2 Å². The second kappa shape index (κ2) is 8.66. The number of nitrogens with one attached hydrogen (secondary N) is 1. The van der Waals surface area contributed by atoms with E-state index in [0.29, 0.717) is 5.75 Å². The predicted molar refractivity (Wildman–Crippen MR) is 80.2 cm³/mol. The van der Waals surface area contributed by atoms with E-state index in [0.717, 1.165) is 11.8 Å². The van der Waals surface area contributed by atoms with Crippen LogP contribution in [0.5, 0.6) is 11.8 Å². The fraction of sp³-hybridized carbons (Fsp3) is 0.200. The zero-order valence-corrected chi connectivity index (χ0v) is 12.5. The molecule has 0 bridgehead atoms. The van der Waals surface area contributed by atoms with Crippen molar-refractivity contribution in [1.82, 2.24) is 9.97 Å². The number of methoxy groups -OCH3 is 1. The van der Waals surface area contributed by atoms with Crippen molar-refractivity contribution in [3.05, 3.63) is 54.5 Å². The van der Waals surface area contributed by atoms with Gasteiger partial charge in [0, 0.05) is 0 Å². The zero-order chi connectivity index (χ0) is 16.5. The van der Waals surface area contributed by atoms with Crippen molar-refractivity contribution in [1.29, 1.82) is 0 Å². The van der Waals surface area contributed by atoms with Crippen molar-refractivity contribution >= 4 is 5.82 Å². The van der Waals surface area contributed by atoms with Crippen LogP contribution < -0.4 is 15.1 Å². The third kappa shape index (κ3) is 5.20. The number of hydrogen-bond donors (Lipinski definition) is 1. The Morgan fingerprint density at radius 2 is 2.26 bits per heavy atom. The van der Waals surface area contributed by atoms with E-state index in [1.54, 1.807) is 13.2 Å². The van der Waals surface area contributed by atoms with Crippen LogP contribution in [0, 0.1) is 5.82 Å². The number of nitrogens with zero attached hydrogens (tertiary/aromatic N) is 2. The first kappa shape index (κ1) is 16.7. The number of rotatable bonds is 9. The van der Waals surface area contributed by atoms with E-state index < -0.39 is 5.82 Å². The molecule has 122 valence electrons. The topological polar surface area (TPSA) is 74.7 Å². The summed E-state index contributed by atoms with van der Waals surface area (Å²) in [5, 5.41) is 0. The lowest BCUT2D eigenvalue weighted by Gasteiger charge is -2.08. The van der Waals surface area contributed by atoms with Gasteiger partial charge in [-0.05, 0) is 17.7 Å². The number of ether oxygens (including phenoxy) is 1. The van der Waals surface area contributed by atoms with E-state index in [1.165, 1.54) is 6.08 Å². The molecule has 23 heavy (non-hydrogen) atoms. The van der Waals surface area contributed by atoms with Crippen molar-refractivity contribution in [2.75, 3.05) is 19.2 Å². The Balaban J connectivity index is 1.89. The molecule has 0 unspecified atom stereocenters. The fourth-order valence-electron chi connectivity index (χ4n) is 1.54. The van der Waals surface area contributed by atoms with Crippen LogP contribution in [0.1, 0.15) is 5.56 Å². The minimum atomic E-state index is -0.686. The summed E-state index contributed by atoms with van der Waals surface area (Å²) in [5.41, 5.74) is 3.16. The Bertz CT molecular complexity index is 654. The summed E-state index contributed by atoms with van der Waals surface area (Å²) in [6, 6.07) is 7.12. The number of benzene rings is 1. The summed E-state index contributed by atoms with van der Waals surface area (Å²) in [6.07, 6.45) is 2.44. The molecule has 0 aliphatic heterocycles. The van der Waals surface area contributed by atoms with Crippen LogP contribution in [-0.2, 0) is 16.3 Å². The fourth-order valence-corrected chi connectivity index (χ4v) is 1.54. The molecule has 2 rings (SSSR count). The maximum absolute atomic E-state index is 13.5. The first-order valence-electron chi connectivity index (χ1n) is 6.66. The van der Waals surface area contributed by atoms with Crippen molar-refractivity contribution < 1.29 is 23.7 Å². The van der Waals surface area contributed by atoms with Gasteiger partial charge in [0.1, 0.15) is 12.4 Å². The van der Waals surface area contributed by atoms with Crippen LogP contribution in [0.25, 0.3) is 0 Å². The van der Waals surface area contributed by atoms with Crippen LogP contribution in [0.15, 0.2) is 43.1 Å². The summed E-state index contributed by atoms with van der Waals surface area (Å²) >= 11 is 0. The average molecular weight is 321 g/mol. The quantitative estimate of drug-likeness (QED) is 0.329. The van der Waals surface area contributed by atoms with Gasteiger partial charge < -0.3 is 4.74 Å². The number of aromatic nitrogens is 2. The molecule has 1 heterocycles. The standard InChI is InChI=1S/C15H16FN3O4/c1-3-7-21-19-14-13(16)9-17-15(18-14)23-22-10-11-5-4-6-12(8-11)20-2/h3-6,8-9H,1,7,10H2,2H3,(H,17,18,19). The van der Waals surface area contributed by atoms with Crippen molar-refractivity contribution in [2.24, 2.45) is 0 Å². The van der Waals surface area contributed by atoms with E-state index in [4.69, 9.17) is 19.3 Å². The van der Waals surface area contributed by atoms with Crippen molar-refractivity contribution in [3.8, 4) is 11.8 Å². The number of anilines is 1. The van der Waals surface area contributed by atoms with E-state index >= 15 is 0 Å². The molecule has 1 aromatic heterocycles. The Hall–Kier alpha value is -2.71. The first-order valence-corrected chi connectivity index (χ1v) is 6.66. The zero-order valence-electron chi connectivity index (χ0n) is 12.5. The predicted octanol–water partition coefficient (Wildman–Crippen LogP) is 2.66. The number of hydrogen-bond acceptors (Lipinski definition) is 7. The van der Waals surface area contributed by atoms with Crippen LogP contribution in [0.4, 0.5) is 10.2 Å². The average Bonchev–Trinajstić information content (AvgIpc) is 2.58. The smallest absolute Gasteiger partial charge is 0.355 e. The maximum atomic E-state index is 13.5. The Morgan fingerprint density at radius 3 is 3.04 bits per heavy atom. The molecule has 1 N–H and O–H groups in total. The molecule has 1 aromatic carbocycles. The molecule has 0 radical (unpaired) electrons. The van der Waals surface area contributed by atoms with Gasteiger partial charge in [-0.2, -0.15) is 14.9 Å². The second-order valence-corrected chi connectivity index (χ2v) is 4.25. The SMILES string of the molecule is C=CCONc1nc(OOCc2cccc(OC)c2)ncc1F. The summed E-state index contributed by atoms with van der Waals surface area (Å²) < 4.78 is 18.6. The van der Waals surface area contributed by atoms with Crippen LogP contribution in [0.3, 0.4) is 0 Å². The summed E-state index contributed by atoms with van der Waals surface area (Å²) in [5.74, 6) is -0.147. The van der Waals surface area contributed by atoms with Crippen LogP contribution in [0.2, 0.25) is 0 Å². The van der Waals surface area contributed by atoms with Crippen LogP contribution >= 0.6 is 0 Å². The maximum Gasteiger partial charge on any atom is 0.355 e. The highest BCUT2D eigenvalue weighted by Gasteiger charge is 2.09. The Labute approximate surface area is 132 Å². The van der Waals surface area contributed by atoms with E-state index in [1.807, 2.05) is 18.2 Å². The highest BCUT2D eigenvalue weighted by atomic mass is 19.1. The monoisotopic (exact) mass is 321 g/mol. The lowest BCUT2D eigenvalue weighted by molar-refractivity contribution is -0.223. The molecule has 0 saturated heterocycles. The van der Waals surface area contributed by atoms with Gasteiger partial charge in [0.05, 0.1) is 19.9 Å². The molecule has 0 amide bonds. The van der Waals surface area contributed by atoms with E-state index in [2.05, 4.69) is 22.0 Å². The van der Waals surface area contributed by atoms with Gasteiger partial charge >= 0.3 is 6.01 Å². The minimum Gasteiger partial charge on any atom is -0.497 e. The third-order valence-electron chi connectivity index (χ3n) is 2.59. The minimum absolute atomic E-state index is 0.146. The van der Waals surface area contributed by atoms with Gasteiger partial charge in [0.15, 0.2) is 11.6 Å². The highest BCUT2D eigenvalue weighted by Crippen LogP contribution is 2.15. The normalized spacial score (nSPS) is 10.2.